The van der Waals surface area contributed by atoms with Crippen molar-refractivity contribution in [3.8, 4) is 0 Å². The Labute approximate surface area is 126 Å². The van der Waals surface area contributed by atoms with Crippen LogP contribution in [0.2, 0.25) is 0 Å². The summed E-state index contributed by atoms with van der Waals surface area (Å²) in [6.45, 7) is 0.846. The second-order valence-corrected chi connectivity index (χ2v) is 6.92. The summed E-state index contributed by atoms with van der Waals surface area (Å²) in [5.41, 5.74) is -0.633. The molecule has 1 saturated heterocycles. The molecule has 3 rings (SSSR count). The van der Waals surface area contributed by atoms with Crippen LogP contribution in [0, 0.1) is 5.92 Å². The maximum absolute atomic E-state index is 12.1. The summed E-state index contributed by atoms with van der Waals surface area (Å²) in [5.74, 6) is 0.115. The van der Waals surface area contributed by atoms with Crippen LogP contribution in [0.1, 0.15) is 64.2 Å². The molecule has 5 nitrogen and oxygen atoms in total. The van der Waals surface area contributed by atoms with Crippen molar-refractivity contribution in [2.75, 3.05) is 6.54 Å². The summed E-state index contributed by atoms with van der Waals surface area (Å²) in [6.07, 6.45) is 12.0. The lowest BCUT2D eigenvalue weighted by atomic mass is 9.86. The molecule has 1 heterocycles. The second kappa shape index (κ2) is 6.34. The van der Waals surface area contributed by atoms with Gasteiger partial charge in [-0.2, -0.15) is 0 Å². The van der Waals surface area contributed by atoms with Crippen molar-refractivity contribution >= 4 is 11.9 Å². The third-order valence-electron chi connectivity index (χ3n) is 5.55. The predicted molar refractivity (Wildman–Crippen MR) is 80.9 cm³/mol. The number of rotatable bonds is 3. The highest BCUT2D eigenvalue weighted by Gasteiger charge is 2.54. The van der Waals surface area contributed by atoms with Gasteiger partial charge in [0.25, 0.3) is 5.91 Å². The van der Waals surface area contributed by atoms with Crippen LogP contribution in [0.25, 0.3) is 0 Å². The van der Waals surface area contributed by atoms with E-state index in [2.05, 4.69) is 16.0 Å². The summed E-state index contributed by atoms with van der Waals surface area (Å²) >= 11 is 0. The third kappa shape index (κ3) is 3.07. The molecular weight excluding hydrogens is 266 g/mol. The lowest BCUT2D eigenvalue weighted by molar-refractivity contribution is -0.125. The van der Waals surface area contributed by atoms with E-state index < -0.39 is 5.54 Å². The Morgan fingerprint density at radius 2 is 1.71 bits per heavy atom. The van der Waals surface area contributed by atoms with Crippen LogP contribution in [-0.2, 0) is 4.79 Å². The number of amides is 3. The Bertz CT molecular complexity index is 404. The van der Waals surface area contributed by atoms with Gasteiger partial charge in [-0.3, -0.25) is 10.1 Å². The molecule has 2 aliphatic carbocycles. The second-order valence-electron chi connectivity index (χ2n) is 6.92. The Hall–Kier alpha value is -1.10. The minimum atomic E-state index is -0.633. The third-order valence-corrected chi connectivity index (χ3v) is 5.55. The molecule has 0 radical (unpaired) electrons. The SMILES string of the molecule is O=C1NC(=O)C2(CCCC2CNC2CCCCCCC2)N1. The van der Waals surface area contributed by atoms with Crippen LogP contribution >= 0.6 is 0 Å². The van der Waals surface area contributed by atoms with E-state index in [0.29, 0.717) is 6.04 Å². The molecule has 0 aromatic heterocycles. The Kier molecular flexibility index (Phi) is 4.48. The summed E-state index contributed by atoms with van der Waals surface area (Å²) in [6, 6.07) is 0.265. The number of hydrogen-bond donors (Lipinski definition) is 3. The minimum Gasteiger partial charge on any atom is -0.323 e. The van der Waals surface area contributed by atoms with Gasteiger partial charge in [0.1, 0.15) is 5.54 Å². The molecule has 3 N–H and O–H groups in total. The van der Waals surface area contributed by atoms with Crippen molar-refractivity contribution in [2.45, 2.75) is 75.8 Å². The first-order valence-corrected chi connectivity index (χ1v) is 8.58. The van der Waals surface area contributed by atoms with Gasteiger partial charge >= 0.3 is 6.03 Å². The zero-order valence-corrected chi connectivity index (χ0v) is 12.7. The molecule has 5 heteroatoms. The first-order chi connectivity index (χ1) is 10.2. The molecule has 3 amide bonds. The molecule has 0 aromatic carbocycles. The standard InChI is InChI=1S/C16H27N3O2/c20-14-16(19-15(21)18-14)10-6-7-12(16)11-17-13-8-4-2-1-3-5-9-13/h12-13,17H,1-11H2,(H2,18,19,20,21). The van der Waals surface area contributed by atoms with E-state index in [1.807, 2.05) is 0 Å². The molecule has 21 heavy (non-hydrogen) atoms. The lowest BCUT2D eigenvalue weighted by Gasteiger charge is -2.30. The lowest BCUT2D eigenvalue weighted by Crippen LogP contribution is -2.53. The van der Waals surface area contributed by atoms with Gasteiger partial charge in [0, 0.05) is 18.5 Å². The Morgan fingerprint density at radius 3 is 2.38 bits per heavy atom. The molecule has 3 aliphatic rings. The maximum atomic E-state index is 12.1. The fourth-order valence-electron chi connectivity index (χ4n) is 4.29. The van der Waals surface area contributed by atoms with Gasteiger partial charge < -0.3 is 10.6 Å². The van der Waals surface area contributed by atoms with Crippen LogP contribution in [0.4, 0.5) is 4.79 Å². The summed E-state index contributed by atoms with van der Waals surface area (Å²) in [5, 5.41) is 9.01. The Morgan fingerprint density at radius 1 is 1.00 bits per heavy atom. The van der Waals surface area contributed by atoms with Gasteiger partial charge in [-0.05, 0) is 25.7 Å². The van der Waals surface area contributed by atoms with E-state index >= 15 is 0 Å². The smallest absolute Gasteiger partial charge is 0.322 e. The first-order valence-electron chi connectivity index (χ1n) is 8.58. The van der Waals surface area contributed by atoms with Crippen molar-refractivity contribution in [3.05, 3.63) is 0 Å². The zero-order chi connectivity index (χ0) is 14.7. The molecule has 2 atom stereocenters. The highest BCUT2D eigenvalue weighted by atomic mass is 16.2. The number of nitrogens with one attached hydrogen (secondary N) is 3. The van der Waals surface area contributed by atoms with Gasteiger partial charge in [-0.25, -0.2) is 4.79 Å². The predicted octanol–water partition coefficient (Wildman–Crippen LogP) is 2.07. The molecule has 2 unspecified atom stereocenters. The number of carbonyl (C=O) groups is 2. The summed E-state index contributed by atoms with van der Waals surface area (Å²) < 4.78 is 0. The minimum absolute atomic E-state index is 0.116. The van der Waals surface area contributed by atoms with E-state index in [1.165, 1.54) is 44.9 Å². The van der Waals surface area contributed by atoms with Crippen LogP contribution in [0.15, 0.2) is 0 Å². The topological polar surface area (TPSA) is 70.2 Å². The zero-order valence-electron chi connectivity index (χ0n) is 12.7. The molecule has 1 aliphatic heterocycles. The fraction of sp³-hybridized carbons (Fsp3) is 0.875. The first kappa shape index (κ1) is 14.8. The van der Waals surface area contributed by atoms with Gasteiger partial charge in [-0.1, -0.05) is 38.5 Å². The van der Waals surface area contributed by atoms with Crippen LogP contribution in [0.3, 0.4) is 0 Å². The van der Waals surface area contributed by atoms with Crippen molar-refractivity contribution in [3.63, 3.8) is 0 Å². The van der Waals surface area contributed by atoms with Crippen molar-refractivity contribution in [1.29, 1.82) is 0 Å². The van der Waals surface area contributed by atoms with Crippen LogP contribution in [-0.4, -0.2) is 30.1 Å². The summed E-state index contributed by atoms with van der Waals surface area (Å²) in [4.78, 5) is 23.6. The van der Waals surface area contributed by atoms with E-state index in [9.17, 15) is 9.59 Å². The van der Waals surface area contributed by atoms with Crippen LogP contribution in [0.5, 0.6) is 0 Å². The van der Waals surface area contributed by atoms with Gasteiger partial charge in [0.2, 0.25) is 0 Å². The molecule has 0 bridgehead atoms. The monoisotopic (exact) mass is 293 g/mol. The quantitative estimate of drug-likeness (QED) is 0.698. The molecule has 2 saturated carbocycles. The number of imide groups is 1. The highest BCUT2D eigenvalue weighted by molar-refractivity contribution is 6.07. The number of hydrogen-bond acceptors (Lipinski definition) is 3. The van der Waals surface area contributed by atoms with E-state index in [0.717, 1.165) is 25.8 Å². The molecule has 3 fully saturated rings. The summed E-state index contributed by atoms with van der Waals surface area (Å²) in [7, 11) is 0. The van der Waals surface area contributed by atoms with Gasteiger partial charge in [0.15, 0.2) is 0 Å². The Balaban J connectivity index is 1.56. The molecule has 118 valence electrons. The van der Waals surface area contributed by atoms with Crippen molar-refractivity contribution in [2.24, 2.45) is 5.92 Å². The fourth-order valence-corrected chi connectivity index (χ4v) is 4.29. The van der Waals surface area contributed by atoms with Crippen molar-refractivity contribution < 1.29 is 9.59 Å². The van der Waals surface area contributed by atoms with Crippen molar-refractivity contribution in [1.82, 2.24) is 16.0 Å². The molecule has 1 spiro atoms. The van der Waals surface area contributed by atoms with Gasteiger partial charge in [-0.15, -0.1) is 0 Å². The van der Waals surface area contributed by atoms with E-state index in [4.69, 9.17) is 0 Å². The number of carbonyl (C=O) groups excluding carboxylic acids is 2. The molecule has 0 aromatic rings. The van der Waals surface area contributed by atoms with E-state index in [-0.39, 0.29) is 17.9 Å². The van der Waals surface area contributed by atoms with Gasteiger partial charge in [0.05, 0.1) is 0 Å². The molecular formula is C16H27N3O2. The number of urea groups is 1. The highest BCUT2D eigenvalue weighted by Crippen LogP contribution is 2.37. The average molecular weight is 293 g/mol. The normalized spacial score (nSPS) is 34.6. The maximum Gasteiger partial charge on any atom is 0.322 e. The average Bonchev–Trinajstić information content (AvgIpc) is 2.93. The van der Waals surface area contributed by atoms with Crippen LogP contribution < -0.4 is 16.0 Å². The largest absolute Gasteiger partial charge is 0.323 e. The van der Waals surface area contributed by atoms with E-state index in [1.54, 1.807) is 0 Å².